The van der Waals surface area contributed by atoms with Crippen molar-refractivity contribution in [3.05, 3.63) is 0 Å². The second-order valence-corrected chi connectivity index (χ2v) is 3.72. The Kier molecular flexibility index (Phi) is 8.08. The molecule has 0 heterocycles. The minimum atomic E-state index is -1.17. The maximum absolute atomic E-state index is 11.3. The minimum absolute atomic E-state index is 0.0226. The summed E-state index contributed by atoms with van der Waals surface area (Å²) in [4.78, 5) is 21.9. The zero-order valence-corrected chi connectivity index (χ0v) is 10.1. The Hall–Kier alpha value is -1.34. The van der Waals surface area contributed by atoms with Gasteiger partial charge in [-0.1, -0.05) is 0 Å². The van der Waals surface area contributed by atoms with E-state index in [-0.39, 0.29) is 19.1 Å². The largest absolute Gasteiger partial charge is 0.480 e. The first kappa shape index (κ1) is 15.7. The fraction of sp³-hybridized carbons (Fsp3) is 0.800. The van der Waals surface area contributed by atoms with Crippen LogP contribution in [0.2, 0.25) is 0 Å². The number of urea groups is 1. The van der Waals surface area contributed by atoms with Crippen molar-refractivity contribution in [2.75, 3.05) is 19.8 Å². The summed E-state index contributed by atoms with van der Waals surface area (Å²) >= 11 is 0. The average Bonchev–Trinajstić information content (AvgIpc) is 2.23. The van der Waals surface area contributed by atoms with Crippen LogP contribution in [0.5, 0.6) is 0 Å². The summed E-state index contributed by atoms with van der Waals surface area (Å²) in [7, 11) is 0. The van der Waals surface area contributed by atoms with Crippen LogP contribution in [0, 0.1) is 0 Å². The van der Waals surface area contributed by atoms with Gasteiger partial charge in [-0.3, -0.25) is 0 Å². The Morgan fingerprint density at radius 2 is 2.00 bits per heavy atom. The van der Waals surface area contributed by atoms with Crippen molar-refractivity contribution >= 4 is 12.0 Å². The summed E-state index contributed by atoms with van der Waals surface area (Å²) in [6.45, 7) is 4.12. The van der Waals surface area contributed by atoms with Crippen molar-refractivity contribution in [1.29, 1.82) is 0 Å². The van der Waals surface area contributed by atoms with E-state index in [0.717, 1.165) is 0 Å². The molecule has 0 aromatic carbocycles. The Morgan fingerprint density at radius 3 is 2.47 bits per heavy atom. The van der Waals surface area contributed by atoms with Crippen molar-refractivity contribution in [3.63, 3.8) is 0 Å². The van der Waals surface area contributed by atoms with E-state index in [1.807, 2.05) is 13.8 Å². The van der Waals surface area contributed by atoms with Crippen LogP contribution in [0.1, 0.15) is 20.3 Å². The van der Waals surface area contributed by atoms with Crippen molar-refractivity contribution in [1.82, 2.24) is 10.6 Å². The van der Waals surface area contributed by atoms with Gasteiger partial charge in [-0.25, -0.2) is 9.59 Å². The second-order valence-electron chi connectivity index (χ2n) is 3.72. The normalized spacial score (nSPS) is 12.2. The van der Waals surface area contributed by atoms with Crippen molar-refractivity contribution in [2.45, 2.75) is 32.4 Å². The number of ether oxygens (including phenoxy) is 1. The van der Waals surface area contributed by atoms with Crippen molar-refractivity contribution in [3.8, 4) is 0 Å². The molecule has 0 aromatic heterocycles. The summed E-state index contributed by atoms with van der Waals surface area (Å²) in [5.74, 6) is -1.17. The molecule has 1 atom stereocenters. The van der Waals surface area contributed by atoms with Gasteiger partial charge in [0.25, 0.3) is 0 Å². The molecular weight excluding hydrogens is 228 g/mol. The highest BCUT2D eigenvalue weighted by molar-refractivity contribution is 5.82. The molecule has 0 saturated carbocycles. The van der Waals surface area contributed by atoms with Gasteiger partial charge in [-0.05, 0) is 13.8 Å². The Bertz CT molecular complexity index is 245. The molecule has 0 aromatic rings. The minimum Gasteiger partial charge on any atom is -0.480 e. The zero-order valence-electron chi connectivity index (χ0n) is 10.1. The highest BCUT2D eigenvalue weighted by Crippen LogP contribution is 1.91. The van der Waals surface area contributed by atoms with Crippen LogP contribution in [0.15, 0.2) is 0 Å². The lowest BCUT2D eigenvalue weighted by molar-refractivity contribution is -0.139. The van der Waals surface area contributed by atoms with E-state index < -0.39 is 18.0 Å². The van der Waals surface area contributed by atoms with Gasteiger partial charge in [-0.15, -0.1) is 0 Å². The molecule has 2 amide bonds. The molecule has 4 N–H and O–H groups in total. The molecule has 0 bridgehead atoms. The quantitative estimate of drug-likeness (QED) is 0.435. The van der Waals surface area contributed by atoms with Crippen molar-refractivity contribution < 1.29 is 24.5 Å². The summed E-state index contributed by atoms with van der Waals surface area (Å²) in [6.07, 6.45) is 0.0617. The maximum Gasteiger partial charge on any atom is 0.326 e. The number of nitrogens with one attached hydrogen (secondary N) is 2. The lowest BCUT2D eigenvalue weighted by Crippen LogP contribution is -2.47. The predicted octanol–water partition coefficient (Wildman–Crippen LogP) is -0.454. The van der Waals surface area contributed by atoms with Crippen LogP contribution >= 0.6 is 0 Å². The van der Waals surface area contributed by atoms with Crippen LogP contribution in [-0.2, 0) is 9.53 Å². The smallest absolute Gasteiger partial charge is 0.326 e. The summed E-state index contributed by atoms with van der Waals surface area (Å²) in [5.41, 5.74) is 0. The van der Waals surface area contributed by atoms with Gasteiger partial charge in [0.15, 0.2) is 0 Å². The standard InChI is InChI=1S/C10H20N2O5/c1-7(2)17-6-4-11-10(16)12-8(3-5-13)9(14)15/h7-8,13H,3-6H2,1-2H3,(H,14,15)(H2,11,12,16). The maximum atomic E-state index is 11.3. The van der Waals surface area contributed by atoms with Gasteiger partial charge >= 0.3 is 12.0 Å². The highest BCUT2D eigenvalue weighted by Gasteiger charge is 2.18. The highest BCUT2D eigenvalue weighted by atomic mass is 16.5. The number of aliphatic hydroxyl groups is 1. The summed E-state index contributed by atoms with van der Waals surface area (Å²) in [5, 5.41) is 22.0. The molecule has 17 heavy (non-hydrogen) atoms. The second kappa shape index (κ2) is 8.77. The van der Waals surface area contributed by atoms with Gasteiger partial charge in [0.05, 0.1) is 12.7 Å². The molecule has 0 rings (SSSR count). The number of aliphatic hydroxyl groups excluding tert-OH is 1. The number of carbonyl (C=O) groups excluding carboxylic acids is 1. The van der Waals surface area contributed by atoms with Crippen LogP contribution in [0.25, 0.3) is 0 Å². The Balaban J connectivity index is 3.78. The number of carboxylic acid groups (broad SMARTS) is 1. The number of aliphatic carboxylic acids is 1. The number of hydrogen-bond acceptors (Lipinski definition) is 4. The molecule has 100 valence electrons. The molecule has 1 unspecified atom stereocenters. The molecule has 0 fully saturated rings. The number of carboxylic acids is 1. The van der Waals surface area contributed by atoms with Gasteiger partial charge in [-0.2, -0.15) is 0 Å². The monoisotopic (exact) mass is 248 g/mol. The van der Waals surface area contributed by atoms with E-state index >= 15 is 0 Å². The topological polar surface area (TPSA) is 108 Å². The van der Waals surface area contributed by atoms with Crippen molar-refractivity contribution in [2.24, 2.45) is 0 Å². The number of rotatable bonds is 8. The SMILES string of the molecule is CC(C)OCCNC(=O)NC(CCO)C(=O)O. The van der Waals surface area contributed by atoms with E-state index in [2.05, 4.69) is 10.6 Å². The Morgan fingerprint density at radius 1 is 1.35 bits per heavy atom. The Labute approximate surface area is 100 Å². The summed E-state index contributed by atoms with van der Waals surface area (Å²) < 4.78 is 5.19. The van der Waals surface area contributed by atoms with Gasteiger partial charge in [0, 0.05) is 19.6 Å². The zero-order chi connectivity index (χ0) is 13.3. The lowest BCUT2D eigenvalue weighted by atomic mass is 10.2. The van der Waals surface area contributed by atoms with E-state index in [9.17, 15) is 9.59 Å². The molecule has 0 aliphatic carbocycles. The van der Waals surface area contributed by atoms with Gasteiger partial charge in [0.2, 0.25) is 0 Å². The number of hydrogen-bond donors (Lipinski definition) is 4. The average molecular weight is 248 g/mol. The van der Waals surface area contributed by atoms with Crippen LogP contribution in [0.4, 0.5) is 4.79 Å². The van der Waals surface area contributed by atoms with Gasteiger partial charge < -0.3 is 25.6 Å². The fourth-order valence-electron chi connectivity index (χ4n) is 1.05. The van der Waals surface area contributed by atoms with E-state index in [0.29, 0.717) is 13.2 Å². The first-order valence-corrected chi connectivity index (χ1v) is 5.47. The van der Waals surface area contributed by atoms with E-state index in [1.165, 1.54) is 0 Å². The molecule has 7 heteroatoms. The predicted molar refractivity (Wildman–Crippen MR) is 60.7 cm³/mol. The first-order valence-electron chi connectivity index (χ1n) is 5.47. The van der Waals surface area contributed by atoms with Crippen LogP contribution < -0.4 is 10.6 Å². The first-order chi connectivity index (χ1) is 7.97. The molecule has 0 saturated heterocycles. The molecule has 7 nitrogen and oxygen atoms in total. The molecule has 0 radical (unpaired) electrons. The molecule has 0 aliphatic heterocycles. The number of carbonyl (C=O) groups is 2. The van der Waals surface area contributed by atoms with Crippen LogP contribution in [-0.4, -0.2) is 54.1 Å². The third-order valence-corrected chi connectivity index (χ3v) is 1.86. The molecule has 0 spiro atoms. The van der Waals surface area contributed by atoms with E-state index in [4.69, 9.17) is 14.9 Å². The third kappa shape index (κ3) is 8.47. The third-order valence-electron chi connectivity index (χ3n) is 1.86. The molecular formula is C10H20N2O5. The number of amides is 2. The molecule has 0 aliphatic rings. The van der Waals surface area contributed by atoms with Crippen LogP contribution in [0.3, 0.4) is 0 Å². The van der Waals surface area contributed by atoms with E-state index in [1.54, 1.807) is 0 Å². The summed E-state index contributed by atoms with van der Waals surface area (Å²) in [6, 6.07) is -1.66. The fourth-order valence-corrected chi connectivity index (χ4v) is 1.05. The lowest BCUT2D eigenvalue weighted by Gasteiger charge is -2.14. The van der Waals surface area contributed by atoms with Gasteiger partial charge in [0.1, 0.15) is 6.04 Å².